The van der Waals surface area contributed by atoms with Gasteiger partial charge in [-0.25, -0.2) is 8.42 Å². The van der Waals surface area contributed by atoms with Gasteiger partial charge in [0.15, 0.2) is 0 Å². The Hall–Kier alpha value is -2.78. The monoisotopic (exact) mass is 436 g/mol. The molecule has 2 aromatic rings. The van der Waals surface area contributed by atoms with Crippen LogP contribution in [0.25, 0.3) is 0 Å². The second-order valence-corrected chi connectivity index (χ2v) is 8.65. The SMILES string of the molecule is COC[C@@H](C)NC(=O)CN(c1ccc(OC)cc1OC)S(=O)(=O)c1ccc(C)cc1. The van der Waals surface area contributed by atoms with Gasteiger partial charge in [0, 0.05) is 19.2 Å². The molecule has 0 aromatic heterocycles. The number of anilines is 1. The van der Waals surface area contributed by atoms with Crippen LogP contribution in [0.3, 0.4) is 0 Å². The first-order valence-electron chi connectivity index (χ1n) is 9.32. The minimum absolute atomic E-state index is 0.0729. The molecule has 0 aliphatic rings. The summed E-state index contributed by atoms with van der Waals surface area (Å²) in [6.07, 6.45) is 0. The van der Waals surface area contributed by atoms with Gasteiger partial charge in [-0.2, -0.15) is 0 Å². The molecule has 0 bridgehead atoms. The molecule has 0 saturated heterocycles. The number of amides is 1. The maximum absolute atomic E-state index is 13.4. The molecule has 9 heteroatoms. The van der Waals surface area contributed by atoms with Crippen molar-refractivity contribution in [3.05, 3.63) is 48.0 Å². The molecular formula is C21H28N2O6S. The van der Waals surface area contributed by atoms with Crippen molar-refractivity contribution in [2.24, 2.45) is 0 Å². The largest absolute Gasteiger partial charge is 0.497 e. The molecule has 0 unspecified atom stereocenters. The van der Waals surface area contributed by atoms with Crippen molar-refractivity contribution >= 4 is 21.6 Å². The van der Waals surface area contributed by atoms with Crippen LogP contribution in [0.2, 0.25) is 0 Å². The summed E-state index contributed by atoms with van der Waals surface area (Å²) >= 11 is 0. The van der Waals surface area contributed by atoms with Crippen LogP contribution in [0, 0.1) is 6.92 Å². The van der Waals surface area contributed by atoms with E-state index < -0.39 is 22.5 Å². The van der Waals surface area contributed by atoms with E-state index in [1.807, 2.05) is 6.92 Å². The van der Waals surface area contributed by atoms with Crippen LogP contribution in [-0.2, 0) is 19.6 Å². The second-order valence-electron chi connectivity index (χ2n) is 6.79. The predicted molar refractivity (Wildman–Crippen MR) is 115 cm³/mol. The molecule has 0 saturated carbocycles. The van der Waals surface area contributed by atoms with Crippen molar-refractivity contribution in [2.75, 3.05) is 38.8 Å². The highest BCUT2D eigenvalue weighted by Gasteiger charge is 2.30. The van der Waals surface area contributed by atoms with Crippen LogP contribution in [0.15, 0.2) is 47.4 Å². The molecule has 0 aliphatic heterocycles. The van der Waals surface area contributed by atoms with Crippen LogP contribution < -0.4 is 19.1 Å². The molecule has 1 amide bonds. The fourth-order valence-electron chi connectivity index (χ4n) is 2.87. The van der Waals surface area contributed by atoms with Gasteiger partial charge in [-0.3, -0.25) is 9.10 Å². The molecule has 0 radical (unpaired) electrons. The van der Waals surface area contributed by atoms with Crippen LogP contribution in [-0.4, -0.2) is 54.8 Å². The van der Waals surface area contributed by atoms with E-state index in [4.69, 9.17) is 14.2 Å². The zero-order valence-electron chi connectivity index (χ0n) is 17.8. The van der Waals surface area contributed by atoms with Crippen LogP contribution in [0.4, 0.5) is 5.69 Å². The Kier molecular flexibility index (Phi) is 8.08. The summed E-state index contributed by atoms with van der Waals surface area (Å²) in [4.78, 5) is 12.7. The zero-order valence-corrected chi connectivity index (χ0v) is 18.7. The molecule has 30 heavy (non-hydrogen) atoms. The third kappa shape index (κ3) is 5.64. The number of methoxy groups -OCH3 is 3. The minimum atomic E-state index is -4.05. The summed E-state index contributed by atoms with van der Waals surface area (Å²) in [5.74, 6) is 0.303. The maximum Gasteiger partial charge on any atom is 0.264 e. The molecule has 0 spiro atoms. The van der Waals surface area contributed by atoms with Crippen molar-refractivity contribution in [2.45, 2.75) is 24.8 Å². The molecular weight excluding hydrogens is 408 g/mol. The lowest BCUT2D eigenvalue weighted by Gasteiger charge is -2.26. The quantitative estimate of drug-likeness (QED) is 0.615. The van der Waals surface area contributed by atoms with Crippen molar-refractivity contribution < 1.29 is 27.4 Å². The Labute approximate surface area is 177 Å². The fourth-order valence-corrected chi connectivity index (χ4v) is 4.30. The number of hydrogen-bond acceptors (Lipinski definition) is 6. The Morgan fingerprint density at radius 3 is 2.30 bits per heavy atom. The predicted octanol–water partition coefficient (Wildman–Crippen LogP) is 2.36. The van der Waals surface area contributed by atoms with Crippen LogP contribution in [0.1, 0.15) is 12.5 Å². The first kappa shape index (κ1) is 23.5. The van der Waals surface area contributed by atoms with Gasteiger partial charge in [-0.05, 0) is 38.1 Å². The van der Waals surface area contributed by atoms with Crippen molar-refractivity contribution in [1.29, 1.82) is 0 Å². The second kappa shape index (κ2) is 10.3. The molecule has 0 fully saturated rings. The zero-order chi connectivity index (χ0) is 22.3. The Bertz CT molecular complexity index is 960. The first-order valence-corrected chi connectivity index (χ1v) is 10.8. The average Bonchev–Trinajstić information content (AvgIpc) is 2.72. The van der Waals surface area contributed by atoms with Gasteiger partial charge in [0.05, 0.1) is 31.4 Å². The minimum Gasteiger partial charge on any atom is -0.497 e. The highest BCUT2D eigenvalue weighted by atomic mass is 32.2. The number of carbonyl (C=O) groups is 1. The first-order chi connectivity index (χ1) is 14.2. The van der Waals surface area contributed by atoms with E-state index in [1.165, 1.54) is 33.5 Å². The summed E-state index contributed by atoms with van der Waals surface area (Å²) in [5.41, 5.74) is 1.15. The number of sulfonamides is 1. The van der Waals surface area contributed by atoms with Crippen molar-refractivity contribution in [1.82, 2.24) is 5.32 Å². The van der Waals surface area contributed by atoms with E-state index in [0.717, 1.165) is 9.87 Å². The Morgan fingerprint density at radius 1 is 1.07 bits per heavy atom. The van der Waals surface area contributed by atoms with E-state index in [1.54, 1.807) is 37.3 Å². The van der Waals surface area contributed by atoms with Gasteiger partial charge in [-0.15, -0.1) is 0 Å². The van der Waals surface area contributed by atoms with Gasteiger partial charge in [-0.1, -0.05) is 17.7 Å². The van der Waals surface area contributed by atoms with E-state index in [-0.39, 0.29) is 22.4 Å². The van der Waals surface area contributed by atoms with Crippen molar-refractivity contribution in [3.63, 3.8) is 0 Å². The highest BCUT2D eigenvalue weighted by Crippen LogP contribution is 2.35. The smallest absolute Gasteiger partial charge is 0.264 e. The third-order valence-corrected chi connectivity index (χ3v) is 6.15. The number of ether oxygens (including phenoxy) is 3. The topological polar surface area (TPSA) is 94.2 Å². The maximum atomic E-state index is 13.4. The molecule has 0 aliphatic carbocycles. The number of nitrogens with one attached hydrogen (secondary N) is 1. The lowest BCUT2D eigenvalue weighted by molar-refractivity contribution is -0.120. The molecule has 2 rings (SSSR count). The Morgan fingerprint density at radius 2 is 1.73 bits per heavy atom. The molecule has 164 valence electrons. The molecule has 8 nitrogen and oxygen atoms in total. The van der Waals surface area contributed by atoms with Crippen molar-refractivity contribution in [3.8, 4) is 11.5 Å². The van der Waals surface area contributed by atoms with E-state index in [2.05, 4.69) is 5.32 Å². The number of rotatable bonds is 10. The Balaban J connectivity index is 2.50. The standard InChI is InChI=1S/C21H28N2O6S/c1-15-6-9-18(10-7-15)30(25,26)23(13-21(24)22-16(2)14-27-3)19-11-8-17(28-4)12-20(19)29-5/h6-12,16H,13-14H2,1-5H3,(H,22,24)/t16-/m1/s1. The molecule has 1 N–H and O–H groups in total. The van der Waals surface area contributed by atoms with E-state index in [9.17, 15) is 13.2 Å². The van der Waals surface area contributed by atoms with Crippen LogP contribution in [0.5, 0.6) is 11.5 Å². The average molecular weight is 437 g/mol. The normalized spacial score (nSPS) is 12.2. The lowest BCUT2D eigenvalue weighted by atomic mass is 10.2. The third-order valence-electron chi connectivity index (χ3n) is 4.38. The van der Waals surface area contributed by atoms with Crippen LogP contribution >= 0.6 is 0 Å². The van der Waals surface area contributed by atoms with Gasteiger partial charge in [0.25, 0.3) is 10.0 Å². The number of nitrogens with zero attached hydrogens (tertiary/aromatic N) is 1. The number of hydrogen-bond donors (Lipinski definition) is 1. The lowest BCUT2D eigenvalue weighted by Crippen LogP contribution is -2.44. The van der Waals surface area contributed by atoms with Gasteiger partial charge in [0.1, 0.15) is 18.0 Å². The number of carbonyl (C=O) groups excluding carboxylic acids is 1. The van der Waals surface area contributed by atoms with E-state index >= 15 is 0 Å². The molecule has 2 aromatic carbocycles. The molecule has 0 heterocycles. The summed E-state index contributed by atoms with van der Waals surface area (Å²) in [7, 11) is 0.407. The number of aryl methyl sites for hydroxylation is 1. The number of benzene rings is 2. The highest BCUT2D eigenvalue weighted by molar-refractivity contribution is 7.92. The summed E-state index contributed by atoms with van der Waals surface area (Å²) < 4.78 is 43.5. The summed E-state index contributed by atoms with van der Waals surface area (Å²) in [6, 6.07) is 10.9. The molecule has 1 atom stereocenters. The van der Waals surface area contributed by atoms with Gasteiger partial charge >= 0.3 is 0 Å². The van der Waals surface area contributed by atoms with Gasteiger partial charge < -0.3 is 19.5 Å². The summed E-state index contributed by atoms with van der Waals surface area (Å²) in [5, 5.41) is 2.74. The fraction of sp³-hybridized carbons (Fsp3) is 0.381. The van der Waals surface area contributed by atoms with E-state index in [0.29, 0.717) is 12.4 Å². The van der Waals surface area contributed by atoms with Gasteiger partial charge in [0.2, 0.25) is 5.91 Å². The summed E-state index contributed by atoms with van der Waals surface area (Å²) in [6.45, 7) is 3.52.